The quantitative estimate of drug-likeness (QED) is 0.350. The van der Waals surface area contributed by atoms with Gasteiger partial charge in [0.25, 0.3) is 5.56 Å². The van der Waals surface area contributed by atoms with Gasteiger partial charge in [0.05, 0.1) is 22.7 Å². The third kappa shape index (κ3) is 4.44. The van der Waals surface area contributed by atoms with Crippen LogP contribution in [-0.4, -0.2) is 30.3 Å². The molecule has 0 spiro atoms. The highest BCUT2D eigenvalue weighted by Gasteiger charge is 2.22. The van der Waals surface area contributed by atoms with Crippen LogP contribution < -0.4 is 10.9 Å². The van der Waals surface area contributed by atoms with Gasteiger partial charge in [-0.05, 0) is 55.7 Å². The van der Waals surface area contributed by atoms with Crippen molar-refractivity contribution in [3.63, 3.8) is 0 Å². The Balaban J connectivity index is 1.53. The van der Waals surface area contributed by atoms with Gasteiger partial charge in [-0.3, -0.25) is 18.6 Å². The first-order chi connectivity index (χ1) is 16.9. The molecule has 2 aromatic heterocycles. The van der Waals surface area contributed by atoms with Crippen LogP contribution in [0.15, 0.2) is 82.7 Å². The molecule has 0 aliphatic rings. The highest BCUT2D eigenvalue weighted by molar-refractivity contribution is 8.00. The molecule has 7 nitrogen and oxygen atoms in total. The SMILES string of the molecule is Cc1ccc(C)c(NC(=O)C(C)Sc2nnc3n(Cc4ccccc4)c(=O)c4ccccc4n23)c1. The van der Waals surface area contributed by atoms with Gasteiger partial charge in [0.1, 0.15) is 0 Å². The lowest BCUT2D eigenvalue weighted by Gasteiger charge is -2.14. The van der Waals surface area contributed by atoms with Crippen LogP contribution in [0.25, 0.3) is 16.7 Å². The zero-order chi connectivity index (χ0) is 24.5. The van der Waals surface area contributed by atoms with E-state index in [4.69, 9.17) is 0 Å². The molecule has 5 rings (SSSR count). The first-order valence-electron chi connectivity index (χ1n) is 11.4. The van der Waals surface area contributed by atoms with Gasteiger partial charge >= 0.3 is 0 Å². The number of aryl methyl sites for hydroxylation is 2. The fourth-order valence-electron chi connectivity index (χ4n) is 4.03. The Morgan fingerprint density at radius 2 is 1.74 bits per heavy atom. The summed E-state index contributed by atoms with van der Waals surface area (Å²) in [6, 6.07) is 23.2. The van der Waals surface area contributed by atoms with E-state index in [2.05, 4.69) is 15.5 Å². The van der Waals surface area contributed by atoms with Crippen LogP contribution in [0, 0.1) is 13.8 Å². The number of nitrogens with one attached hydrogen (secondary N) is 1. The number of hydrogen-bond donors (Lipinski definition) is 1. The number of hydrogen-bond acceptors (Lipinski definition) is 5. The summed E-state index contributed by atoms with van der Waals surface area (Å²) in [7, 11) is 0. The summed E-state index contributed by atoms with van der Waals surface area (Å²) in [5.41, 5.74) is 4.47. The van der Waals surface area contributed by atoms with Gasteiger partial charge in [-0.25, -0.2) is 0 Å². The number of carbonyl (C=O) groups is 1. The fourth-order valence-corrected chi connectivity index (χ4v) is 4.89. The minimum absolute atomic E-state index is 0.123. The first kappa shape index (κ1) is 22.9. The number of thioether (sulfide) groups is 1. The summed E-state index contributed by atoms with van der Waals surface area (Å²) in [4.78, 5) is 26.4. The van der Waals surface area contributed by atoms with Crippen molar-refractivity contribution >= 4 is 40.0 Å². The minimum Gasteiger partial charge on any atom is -0.325 e. The summed E-state index contributed by atoms with van der Waals surface area (Å²) in [6.07, 6.45) is 0. The summed E-state index contributed by atoms with van der Waals surface area (Å²) in [6.45, 7) is 6.18. The molecule has 1 N–H and O–H groups in total. The lowest BCUT2D eigenvalue weighted by atomic mass is 10.1. The molecule has 0 fully saturated rings. The molecule has 35 heavy (non-hydrogen) atoms. The van der Waals surface area contributed by atoms with Crippen LogP contribution in [0.3, 0.4) is 0 Å². The smallest absolute Gasteiger partial charge is 0.263 e. The molecule has 176 valence electrons. The number of nitrogens with zero attached hydrogens (tertiary/aromatic N) is 4. The zero-order valence-electron chi connectivity index (χ0n) is 19.7. The van der Waals surface area contributed by atoms with E-state index in [-0.39, 0.29) is 11.5 Å². The van der Waals surface area contributed by atoms with Crippen molar-refractivity contribution in [2.75, 3.05) is 5.32 Å². The van der Waals surface area contributed by atoms with Crippen LogP contribution >= 0.6 is 11.8 Å². The lowest BCUT2D eigenvalue weighted by Crippen LogP contribution is -2.25. The van der Waals surface area contributed by atoms with E-state index in [0.29, 0.717) is 28.4 Å². The zero-order valence-corrected chi connectivity index (χ0v) is 20.5. The number of fused-ring (bicyclic) bond motifs is 3. The maximum absolute atomic E-state index is 13.4. The molecule has 3 aromatic carbocycles. The van der Waals surface area contributed by atoms with Crippen LogP contribution in [0.2, 0.25) is 0 Å². The van der Waals surface area contributed by atoms with Gasteiger partial charge in [-0.1, -0.05) is 66.4 Å². The molecule has 1 unspecified atom stereocenters. The topological polar surface area (TPSA) is 81.3 Å². The molecule has 1 atom stereocenters. The van der Waals surface area contributed by atoms with E-state index >= 15 is 0 Å². The summed E-state index contributed by atoms with van der Waals surface area (Å²) >= 11 is 1.31. The Labute approximate surface area is 206 Å². The van der Waals surface area contributed by atoms with E-state index < -0.39 is 5.25 Å². The van der Waals surface area contributed by atoms with Gasteiger partial charge in [0.2, 0.25) is 11.7 Å². The molecule has 2 heterocycles. The van der Waals surface area contributed by atoms with Crippen LogP contribution in [0.5, 0.6) is 0 Å². The van der Waals surface area contributed by atoms with Crippen molar-refractivity contribution in [2.45, 2.75) is 37.7 Å². The average Bonchev–Trinajstić information content (AvgIpc) is 3.28. The predicted octanol–water partition coefficient (Wildman–Crippen LogP) is 4.83. The second-order valence-electron chi connectivity index (χ2n) is 8.58. The molecule has 0 radical (unpaired) electrons. The molecule has 5 aromatic rings. The number of benzene rings is 3. The van der Waals surface area contributed by atoms with E-state index in [9.17, 15) is 9.59 Å². The predicted molar refractivity (Wildman–Crippen MR) is 140 cm³/mol. The van der Waals surface area contributed by atoms with E-state index in [1.54, 1.807) is 4.57 Å². The molecule has 0 saturated carbocycles. The third-order valence-corrected chi connectivity index (χ3v) is 7.01. The number of aromatic nitrogens is 4. The number of amides is 1. The summed E-state index contributed by atoms with van der Waals surface area (Å²) in [5, 5.41) is 12.5. The fraction of sp³-hybridized carbons (Fsp3) is 0.185. The van der Waals surface area contributed by atoms with Crippen molar-refractivity contribution in [2.24, 2.45) is 0 Å². The number of carbonyl (C=O) groups excluding carboxylic acids is 1. The normalized spacial score (nSPS) is 12.2. The monoisotopic (exact) mass is 483 g/mol. The molecule has 0 aliphatic heterocycles. The van der Waals surface area contributed by atoms with Gasteiger partial charge < -0.3 is 5.32 Å². The Hall–Kier alpha value is -3.91. The highest BCUT2D eigenvalue weighted by atomic mass is 32.2. The van der Waals surface area contributed by atoms with Crippen molar-refractivity contribution in [1.82, 2.24) is 19.2 Å². The second kappa shape index (κ2) is 9.38. The molecule has 0 bridgehead atoms. The molecule has 8 heteroatoms. The summed E-state index contributed by atoms with van der Waals surface area (Å²) < 4.78 is 3.50. The van der Waals surface area contributed by atoms with Crippen LogP contribution in [0.4, 0.5) is 5.69 Å². The minimum atomic E-state index is -0.435. The van der Waals surface area contributed by atoms with Gasteiger partial charge in [0.15, 0.2) is 5.16 Å². The highest BCUT2D eigenvalue weighted by Crippen LogP contribution is 2.27. The molecular formula is C27H25N5O2S. The van der Waals surface area contributed by atoms with E-state index in [1.165, 1.54) is 11.8 Å². The Kier molecular flexibility index (Phi) is 6.13. The average molecular weight is 484 g/mol. The van der Waals surface area contributed by atoms with Crippen LogP contribution in [0.1, 0.15) is 23.6 Å². The molecular weight excluding hydrogens is 458 g/mol. The van der Waals surface area contributed by atoms with Gasteiger partial charge in [0, 0.05) is 5.69 Å². The Morgan fingerprint density at radius 3 is 2.54 bits per heavy atom. The number of para-hydroxylation sites is 1. The van der Waals surface area contributed by atoms with Crippen molar-refractivity contribution in [3.8, 4) is 0 Å². The van der Waals surface area contributed by atoms with Gasteiger partial charge in [-0.15, -0.1) is 10.2 Å². The van der Waals surface area contributed by atoms with Crippen LogP contribution in [-0.2, 0) is 11.3 Å². The Bertz CT molecular complexity index is 1610. The number of anilines is 1. The van der Waals surface area contributed by atoms with E-state index in [1.807, 2.05) is 98.0 Å². The maximum Gasteiger partial charge on any atom is 0.263 e. The Morgan fingerprint density at radius 1 is 1.00 bits per heavy atom. The molecule has 0 aliphatic carbocycles. The van der Waals surface area contributed by atoms with Crippen molar-refractivity contribution in [3.05, 3.63) is 99.8 Å². The maximum atomic E-state index is 13.4. The first-order valence-corrected chi connectivity index (χ1v) is 12.3. The number of rotatable bonds is 6. The molecule has 0 saturated heterocycles. The standard InChI is InChI=1S/C27H25N5O2S/c1-17-13-14-18(2)22(15-17)28-24(33)19(3)35-27-30-29-26-31(16-20-9-5-4-6-10-20)25(34)21-11-7-8-12-23(21)32(26)27/h4-15,19H,16H2,1-3H3,(H,28,33). The van der Waals surface area contributed by atoms with Crippen molar-refractivity contribution in [1.29, 1.82) is 0 Å². The third-order valence-electron chi connectivity index (χ3n) is 5.96. The molecule has 1 amide bonds. The van der Waals surface area contributed by atoms with Gasteiger partial charge in [-0.2, -0.15) is 0 Å². The van der Waals surface area contributed by atoms with E-state index in [0.717, 1.165) is 22.4 Å². The largest absolute Gasteiger partial charge is 0.325 e. The second-order valence-corrected chi connectivity index (χ2v) is 9.89. The lowest BCUT2D eigenvalue weighted by molar-refractivity contribution is -0.115. The summed E-state index contributed by atoms with van der Waals surface area (Å²) in [5.74, 6) is 0.324. The van der Waals surface area contributed by atoms with Crippen molar-refractivity contribution < 1.29 is 4.79 Å².